The summed E-state index contributed by atoms with van der Waals surface area (Å²) in [5, 5.41) is 5.35. The molecule has 0 fully saturated rings. The molecule has 0 bridgehead atoms. The molecule has 0 saturated heterocycles. The number of hydrogen-bond donors (Lipinski definition) is 0. The van der Waals surface area contributed by atoms with E-state index >= 15 is 0 Å². The molecule has 0 amide bonds. The molecule has 4 heterocycles. The summed E-state index contributed by atoms with van der Waals surface area (Å²) in [6.07, 6.45) is 0. The quantitative estimate of drug-likeness (QED) is 0.152. The number of rotatable bonds is 5. The van der Waals surface area contributed by atoms with Crippen molar-refractivity contribution in [2.75, 3.05) is 0 Å². The molecule has 0 unspecified atom stereocenters. The van der Waals surface area contributed by atoms with Crippen LogP contribution in [-0.2, 0) is 21.7 Å². The molecule has 0 radical (unpaired) electrons. The monoisotopic (exact) mass is 979 g/mol. The number of fused-ring (bicyclic) bond motifs is 10. The third-order valence-corrected chi connectivity index (χ3v) is 20.5. The molecule has 0 aliphatic carbocycles. The van der Waals surface area contributed by atoms with Crippen LogP contribution in [0.2, 0.25) is 0 Å². The molecule has 11 aromatic rings. The second-order valence-electron chi connectivity index (χ2n) is 25.5. The highest BCUT2D eigenvalue weighted by atomic mass is 32.3. The van der Waals surface area contributed by atoms with Crippen molar-refractivity contribution in [1.29, 1.82) is 0 Å². The average molecular weight is 979 g/mol. The SMILES string of the molecule is CC(C)(C)c1ccc2c(c1)c1cc(C(C)(C)C)cc3c1n2-c1cc(-c2cccc(S(c4ccccc4)(c4ccccc4)c4ccccc4)c2)cc2c1B3c1cc(C(C)(C)C)cc3c4cc(C(C)(C)C)ccc4n-2c13. The van der Waals surface area contributed by atoms with Crippen LogP contribution in [0.1, 0.15) is 105 Å². The zero-order valence-corrected chi connectivity index (χ0v) is 46.1. The minimum atomic E-state index is -1.93. The van der Waals surface area contributed by atoms with E-state index in [4.69, 9.17) is 0 Å². The number of hydrogen-bond acceptors (Lipinski definition) is 0. The van der Waals surface area contributed by atoms with E-state index in [1.807, 2.05) is 0 Å². The lowest BCUT2D eigenvalue weighted by Gasteiger charge is -2.42. The second-order valence-corrected chi connectivity index (χ2v) is 28.6. The van der Waals surface area contributed by atoms with Crippen molar-refractivity contribution in [1.82, 2.24) is 9.13 Å². The molecule has 2 aliphatic rings. The van der Waals surface area contributed by atoms with Crippen molar-refractivity contribution in [3.63, 3.8) is 0 Å². The van der Waals surface area contributed by atoms with Gasteiger partial charge in [-0.3, -0.25) is 0 Å². The molecule has 2 aromatic heterocycles. The molecular weight excluding hydrogens is 912 g/mol. The van der Waals surface area contributed by atoms with Crippen LogP contribution < -0.4 is 16.4 Å². The second kappa shape index (κ2) is 16.0. The maximum Gasteiger partial charge on any atom is 0.252 e. The van der Waals surface area contributed by atoms with Crippen molar-refractivity contribution in [2.24, 2.45) is 0 Å². The Morgan fingerprint density at radius 2 is 0.703 bits per heavy atom. The van der Waals surface area contributed by atoms with Gasteiger partial charge >= 0.3 is 0 Å². The lowest BCUT2D eigenvalue weighted by Crippen LogP contribution is -2.59. The minimum Gasteiger partial charge on any atom is -0.310 e. The van der Waals surface area contributed by atoms with Crippen LogP contribution in [-0.4, -0.2) is 15.8 Å². The lowest BCUT2D eigenvalue weighted by molar-refractivity contribution is 0.590. The Morgan fingerprint density at radius 1 is 0.324 bits per heavy atom. The van der Waals surface area contributed by atoms with Gasteiger partial charge in [0, 0.05) is 63.5 Å². The molecule has 74 heavy (non-hydrogen) atoms. The summed E-state index contributed by atoms with van der Waals surface area (Å²) < 4.78 is 5.35. The highest BCUT2D eigenvalue weighted by Crippen LogP contribution is 2.73. The molecule has 4 heteroatoms. The predicted molar refractivity (Wildman–Crippen MR) is 320 cm³/mol. The Labute approximate surface area is 440 Å². The summed E-state index contributed by atoms with van der Waals surface area (Å²) in [5.74, 6) is 0. The third-order valence-electron chi connectivity index (χ3n) is 16.6. The molecule has 366 valence electrons. The standard InChI is InChI=1S/C70H67BN2S/c1-67(2,3)46-31-33-60-54(38-46)56-40-48(69(7,8)9)42-58-65(56)72(60)62-36-45(44-23-22-30-53(35-44)74(50-24-16-13-17-25-50,51-26-18-14-19-27-51)52-28-20-15-21-29-52)37-63-64(62)71(58)59-43-49(70(10,11)12)41-57-55-39-47(68(4,5)6)32-34-61(55)73(63)66(57)59/h13-43H,1-12H3. The summed E-state index contributed by atoms with van der Waals surface area (Å²) in [5.41, 5.74) is 19.7. The largest absolute Gasteiger partial charge is 0.310 e. The van der Waals surface area contributed by atoms with Gasteiger partial charge in [0.05, 0.1) is 11.0 Å². The minimum absolute atomic E-state index is 0.00508. The van der Waals surface area contributed by atoms with Crippen molar-refractivity contribution in [3.8, 4) is 22.5 Å². The molecule has 13 rings (SSSR count). The molecule has 0 N–H and O–H groups in total. The summed E-state index contributed by atoms with van der Waals surface area (Å²) >= 11 is 0. The van der Waals surface area contributed by atoms with Gasteiger partial charge in [-0.15, -0.1) is 10.0 Å². The number of benzene rings is 9. The van der Waals surface area contributed by atoms with E-state index in [2.05, 4.69) is 280 Å². The van der Waals surface area contributed by atoms with Crippen LogP contribution in [0, 0.1) is 0 Å². The van der Waals surface area contributed by atoms with Crippen molar-refractivity contribution in [2.45, 2.75) is 124 Å². The van der Waals surface area contributed by atoms with Gasteiger partial charge in [0.25, 0.3) is 6.71 Å². The van der Waals surface area contributed by atoms with Gasteiger partial charge in [-0.1, -0.05) is 174 Å². The van der Waals surface area contributed by atoms with Crippen LogP contribution in [0.3, 0.4) is 0 Å². The van der Waals surface area contributed by atoms with E-state index < -0.39 is 10.0 Å². The Morgan fingerprint density at radius 3 is 1.09 bits per heavy atom. The van der Waals surface area contributed by atoms with Crippen molar-refractivity contribution < 1.29 is 0 Å². The molecule has 2 nitrogen and oxygen atoms in total. The zero-order valence-electron chi connectivity index (χ0n) is 45.3. The normalized spacial score (nSPS) is 13.9. The van der Waals surface area contributed by atoms with Crippen molar-refractivity contribution in [3.05, 3.63) is 210 Å². The van der Waals surface area contributed by atoms with Gasteiger partial charge < -0.3 is 9.13 Å². The molecule has 0 saturated carbocycles. The molecule has 9 aromatic carbocycles. The average Bonchev–Trinajstić information content (AvgIpc) is 3.94. The highest BCUT2D eigenvalue weighted by Gasteiger charge is 2.43. The van der Waals surface area contributed by atoms with Crippen LogP contribution in [0.15, 0.2) is 208 Å². The summed E-state index contributed by atoms with van der Waals surface area (Å²) in [6.45, 7) is 28.4. The fourth-order valence-electron chi connectivity index (χ4n) is 12.6. The first-order valence-corrected chi connectivity index (χ1v) is 28.4. The van der Waals surface area contributed by atoms with Crippen LogP contribution in [0.25, 0.3) is 66.1 Å². The Bertz CT molecular complexity index is 3820. The molecule has 0 atom stereocenters. The highest BCUT2D eigenvalue weighted by molar-refractivity contribution is 8.34. The maximum absolute atomic E-state index is 2.67. The van der Waals surface area contributed by atoms with Gasteiger partial charge in [-0.05, 0) is 168 Å². The predicted octanol–water partition coefficient (Wildman–Crippen LogP) is 17.2. The van der Waals surface area contributed by atoms with Crippen molar-refractivity contribution >= 4 is 76.7 Å². The first kappa shape index (κ1) is 46.8. The first-order valence-electron chi connectivity index (χ1n) is 26.8. The van der Waals surface area contributed by atoms with Gasteiger partial charge in [-0.2, -0.15) is 0 Å². The van der Waals surface area contributed by atoms with Gasteiger partial charge in [0.1, 0.15) is 0 Å². The van der Waals surface area contributed by atoms with Crippen LogP contribution >= 0.6 is 10.0 Å². The maximum atomic E-state index is 2.67. The van der Waals surface area contributed by atoms with E-state index in [1.165, 1.54) is 124 Å². The van der Waals surface area contributed by atoms with Crippen LogP contribution in [0.4, 0.5) is 0 Å². The van der Waals surface area contributed by atoms with E-state index in [0.29, 0.717) is 0 Å². The molecule has 2 aliphatic heterocycles. The number of nitrogens with zero attached hydrogens (tertiary/aromatic N) is 2. The van der Waals surface area contributed by atoms with E-state index in [1.54, 1.807) is 0 Å². The van der Waals surface area contributed by atoms with E-state index in [0.717, 1.165) is 0 Å². The van der Waals surface area contributed by atoms with Crippen LogP contribution in [0.5, 0.6) is 0 Å². The summed E-state index contributed by atoms with van der Waals surface area (Å²) in [7, 11) is -1.93. The van der Waals surface area contributed by atoms with E-state index in [9.17, 15) is 0 Å². The Hall–Kier alpha value is -7.01. The van der Waals surface area contributed by atoms with E-state index in [-0.39, 0.29) is 28.4 Å². The smallest absolute Gasteiger partial charge is 0.252 e. The van der Waals surface area contributed by atoms with Gasteiger partial charge in [-0.25, -0.2) is 0 Å². The Balaban J connectivity index is 1.19. The topological polar surface area (TPSA) is 9.86 Å². The summed E-state index contributed by atoms with van der Waals surface area (Å²) in [4.78, 5) is 5.28. The zero-order chi connectivity index (χ0) is 51.4. The third kappa shape index (κ3) is 6.86. The Kier molecular flexibility index (Phi) is 10.1. The van der Waals surface area contributed by atoms with Gasteiger partial charge in [0.15, 0.2) is 0 Å². The molecular formula is C70H67BN2S. The fourth-order valence-corrected chi connectivity index (χ4v) is 16.5. The van der Waals surface area contributed by atoms with Gasteiger partial charge in [0.2, 0.25) is 0 Å². The fraction of sp³-hybridized carbons (Fsp3) is 0.229. The number of aromatic nitrogens is 2. The lowest BCUT2D eigenvalue weighted by atomic mass is 9.34. The molecule has 0 spiro atoms. The summed E-state index contributed by atoms with van der Waals surface area (Å²) in [6, 6.07) is 73.4. The first-order chi connectivity index (χ1) is 35.2.